The number of unbranched alkanes of at least 4 members (excludes halogenated alkanes) is 1. The van der Waals surface area contributed by atoms with E-state index in [1.165, 1.54) is 0 Å². The van der Waals surface area contributed by atoms with Crippen molar-refractivity contribution < 1.29 is 8.42 Å². The maximum Gasteiger partial charge on any atom is 0.212 e. The minimum Gasteiger partial charge on any atom is -0.320 e. The Morgan fingerprint density at radius 3 is 2.81 bits per heavy atom. The molecule has 0 spiro atoms. The summed E-state index contributed by atoms with van der Waals surface area (Å²) in [5.41, 5.74) is 0. The molecule has 0 atom stereocenters. The fraction of sp³-hybridized carbons (Fsp3) is 0.857. The third kappa shape index (κ3) is 5.14. The number of aromatic nitrogens is 4. The molecular formula is C7H16N6O2S. The highest BCUT2D eigenvalue weighted by atomic mass is 32.2. The fourth-order valence-corrected chi connectivity index (χ4v) is 2.18. The molecule has 0 amide bonds. The molecule has 0 aliphatic carbocycles. The Bertz CT molecular complexity index is 376. The summed E-state index contributed by atoms with van der Waals surface area (Å²) in [5, 5.41) is 15.8. The van der Waals surface area contributed by atoms with Crippen molar-refractivity contribution in [3.05, 3.63) is 5.82 Å². The first-order valence-electron chi connectivity index (χ1n) is 4.98. The van der Waals surface area contributed by atoms with E-state index >= 15 is 0 Å². The smallest absolute Gasteiger partial charge is 0.212 e. The van der Waals surface area contributed by atoms with Gasteiger partial charge < -0.3 is 5.32 Å². The lowest BCUT2D eigenvalue weighted by Gasteiger charge is -2.04. The van der Waals surface area contributed by atoms with Crippen LogP contribution >= 0.6 is 0 Å². The van der Waals surface area contributed by atoms with Crippen LogP contribution in [0, 0.1) is 0 Å². The van der Waals surface area contributed by atoms with Crippen LogP contribution in [0.5, 0.6) is 0 Å². The van der Waals surface area contributed by atoms with Crippen molar-refractivity contribution >= 4 is 10.0 Å². The topological polar surface area (TPSA) is 113 Å². The lowest BCUT2D eigenvalue weighted by Crippen LogP contribution is -2.26. The minimum absolute atomic E-state index is 0.0743. The summed E-state index contributed by atoms with van der Waals surface area (Å²) in [6, 6.07) is 0. The van der Waals surface area contributed by atoms with E-state index < -0.39 is 10.0 Å². The summed E-state index contributed by atoms with van der Waals surface area (Å²) in [6.45, 7) is 0.894. The molecule has 0 aliphatic heterocycles. The second-order valence-corrected chi connectivity index (χ2v) is 5.21. The second kappa shape index (κ2) is 6.51. The molecule has 8 nitrogen and oxygen atoms in total. The van der Waals surface area contributed by atoms with E-state index in [2.05, 4.69) is 30.7 Å². The molecule has 16 heavy (non-hydrogen) atoms. The molecule has 1 aromatic rings. The van der Waals surface area contributed by atoms with Crippen LogP contribution in [0.4, 0.5) is 0 Å². The molecule has 0 radical (unpaired) electrons. The van der Waals surface area contributed by atoms with E-state index in [0.29, 0.717) is 12.2 Å². The molecule has 1 aromatic heterocycles. The summed E-state index contributed by atoms with van der Waals surface area (Å²) in [4.78, 5) is 0. The maximum absolute atomic E-state index is 11.5. The Hall–Kier alpha value is -1.06. The molecule has 1 heterocycles. The van der Waals surface area contributed by atoms with Gasteiger partial charge in [0.15, 0.2) is 5.82 Å². The monoisotopic (exact) mass is 248 g/mol. The van der Waals surface area contributed by atoms with Gasteiger partial charge in [0, 0.05) is 0 Å². The molecular weight excluding hydrogens is 232 g/mol. The van der Waals surface area contributed by atoms with Crippen molar-refractivity contribution in [1.29, 1.82) is 0 Å². The number of H-pyrrole nitrogens is 1. The Morgan fingerprint density at radius 2 is 2.19 bits per heavy atom. The van der Waals surface area contributed by atoms with Crippen LogP contribution in [-0.2, 0) is 16.6 Å². The average Bonchev–Trinajstić information content (AvgIpc) is 2.75. The van der Waals surface area contributed by atoms with Crippen molar-refractivity contribution in [2.75, 3.05) is 19.3 Å². The minimum atomic E-state index is -3.24. The van der Waals surface area contributed by atoms with E-state index in [0.717, 1.165) is 13.0 Å². The van der Waals surface area contributed by atoms with Gasteiger partial charge in [0.1, 0.15) is 0 Å². The zero-order chi connectivity index (χ0) is 11.9. The standard InChI is InChI=1S/C7H16N6O2S/c1-8-4-2-3-5-16(14,15)9-6-7-10-12-13-11-7/h8-9H,2-6H2,1H3,(H,10,11,12,13). The lowest BCUT2D eigenvalue weighted by molar-refractivity contribution is 0.573. The molecule has 0 saturated carbocycles. The van der Waals surface area contributed by atoms with Gasteiger partial charge in [0.2, 0.25) is 10.0 Å². The molecule has 3 N–H and O–H groups in total. The van der Waals surface area contributed by atoms with Crippen molar-refractivity contribution in [3.8, 4) is 0 Å². The van der Waals surface area contributed by atoms with Crippen molar-refractivity contribution in [3.63, 3.8) is 0 Å². The summed E-state index contributed by atoms with van der Waals surface area (Å²) < 4.78 is 25.3. The van der Waals surface area contributed by atoms with Crippen LogP contribution in [-0.4, -0.2) is 48.4 Å². The highest BCUT2D eigenvalue weighted by Gasteiger charge is 2.10. The average molecular weight is 248 g/mol. The molecule has 0 aromatic carbocycles. The summed E-state index contributed by atoms with van der Waals surface area (Å²) in [6.07, 6.45) is 1.46. The van der Waals surface area contributed by atoms with Crippen LogP contribution in [0.2, 0.25) is 0 Å². The van der Waals surface area contributed by atoms with E-state index in [-0.39, 0.29) is 12.3 Å². The normalized spacial score (nSPS) is 11.8. The van der Waals surface area contributed by atoms with Gasteiger partial charge in [-0.05, 0) is 26.4 Å². The Kier molecular flexibility index (Phi) is 5.29. The van der Waals surface area contributed by atoms with E-state index in [9.17, 15) is 8.42 Å². The van der Waals surface area contributed by atoms with Gasteiger partial charge >= 0.3 is 0 Å². The largest absolute Gasteiger partial charge is 0.320 e. The van der Waals surface area contributed by atoms with Crippen LogP contribution < -0.4 is 10.0 Å². The molecule has 1 rings (SSSR count). The Balaban J connectivity index is 2.23. The predicted molar refractivity (Wildman–Crippen MR) is 58.0 cm³/mol. The molecule has 0 unspecified atom stereocenters. The van der Waals surface area contributed by atoms with E-state index in [1.54, 1.807) is 0 Å². The molecule has 0 saturated heterocycles. The molecule has 0 fully saturated rings. The number of sulfonamides is 1. The molecule has 0 aliphatic rings. The number of aromatic amines is 1. The first-order chi connectivity index (χ1) is 7.64. The summed E-state index contributed by atoms with van der Waals surface area (Å²) >= 11 is 0. The zero-order valence-corrected chi connectivity index (χ0v) is 9.92. The Labute approximate surface area is 94.3 Å². The number of rotatable bonds is 8. The third-order valence-corrected chi connectivity index (χ3v) is 3.34. The number of nitrogens with zero attached hydrogens (tertiary/aromatic N) is 3. The fourth-order valence-electron chi connectivity index (χ4n) is 1.10. The number of nitrogens with one attached hydrogen (secondary N) is 3. The van der Waals surface area contributed by atoms with E-state index in [1.807, 2.05) is 7.05 Å². The summed E-state index contributed by atoms with van der Waals surface area (Å²) in [5.74, 6) is 0.450. The Morgan fingerprint density at radius 1 is 1.38 bits per heavy atom. The van der Waals surface area contributed by atoms with Gasteiger partial charge in [0.05, 0.1) is 12.3 Å². The second-order valence-electron chi connectivity index (χ2n) is 3.28. The highest BCUT2D eigenvalue weighted by Crippen LogP contribution is 1.95. The number of hydrogen-bond acceptors (Lipinski definition) is 6. The SMILES string of the molecule is CNCCCCS(=O)(=O)NCc1nn[nH]n1. The van der Waals surface area contributed by atoms with Crippen LogP contribution in [0.3, 0.4) is 0 Å². The number of hydrogen-bond donors (Lipinski definition) is 3. The first kappa shape index (κ1) is 13.0. The van der Waals surface area contributed by atoms with E-state index in [4.69, 9.17) is 0 Å². The van der Waals surface area contributed by atoms with Gasteiger partial charge in [-0.3, -0.25) is 0 Å². The first-order valence-corrected chi connectivity index (χ1v) is 6.63. The van der Waals surface area contributed by atoms with Crippen molar-refractivity contribution in [1.82, 2.24) is 30.7 Å². The van der Waals surface area contributed by atoms with Gasteiger partial charge in [0.25, 0.3) is 0 Å². The summed E-state index contributed by atoms with van der Waals surface area (Å²) in [7, 11) is -1.40. The van der Waals surface area contributed by atoms with Crippen LogP contribution in [0.25, 0.3) is 0 Å². The molecule has 0 bridgehead atoms. The zero-order valence-electron chi connectivity index (χ0n) is 9.10. The van der Waals surface area contributed by atoms with Crippen LogP contribution in [0.15, 0.2) is 0 Å². The van der Waals surface area contributed by atoms with Crippen molar-refractivity contribution in [2.24, 2.45) is 0 Å². The quantitative estimate of drug-likeness (QED) is 0.489. The van der Waals surface area contributed by atoms with Gasteiger partial charge in [-0.15, -0.1) is 10.2 Å². The third-order valence-electron chi connectivity index (χ3n) is 1.93. The maximum atomic E-state index is 11.5. The van der Waals surface area contributed by atoms with Crippen molar-refractivity contribution in [2.45, 2.75) is 19.4 Å². The van der Waals surface area contributed by atoms with Gasteiger partial charge in [-0.1, -0.05) is 5.21 Å². The number of tetrazole rings is 1. The highest BCUT2D eigenvalue weighted by molar-refractivity contribution is 7.89. The predicted octanol–water partition coefficient (Wildman–Crippen LogP) is -1.38. The van der Waals surface area contributed by atoms with Gasteiger partial charge in [-0.25, -0.2) is 13.1 Å². The molecule has 92 valence electrons. The van der Waals surface area contributed by atoms with Crippen LogP contribution in [0.1, 0.15) is 18.7 Å². The lowest BCUT2D eigenvalue weighted by atomic mass is 10.3. The van der Waals surface area contributed by atoms with Gasteiger partial charge in [-0.2, -0.15) is 5.21 Å². The molecule has 9 heteroatoms.